The van der Waals surface area contributed by atoms with Crippen LogP contribution in [0.1, 0.15) is 47.1 Å². The minimum atomic E-state index is -0.491. The fourth-order valence-corrected chi connectivity index (χ4v) is 2.37. The van der Waals surface area contributed by atoms with Crippen molar-refractivity contribution in [1.29, 1.82) is 0 Å². The number of hydrogen-bond acceptors (Lipinski definition) is 3. The quantitative estimate of drug-likeness (QED) is 0.626. The summed E-state index contributed by atoms with van der Waals surface area (Å²) in [5, 5.41) is 7.09. The number of ketones is 1. The molecule has 1 heterocycles. The second-order valence-electron chi connectivity index (χ2n) is 5.29. The van der Waals surface area contributed by atoms with Crippen molar-refractivity contribution in [3.8, 4) is 5.75 Å². The van der Waals surface area contributed by atoms with Gasteiger partial charge in [-0.05, 0) is 50.5 Å². The van der Waals surface area contributed by atoms with Crippen LogP contribution in [0.2, 0.25) is 0 Å². The first-order valence-electron chi connectivity index (χ1n) is 7.49. The van der Waals surface area contributed by atoms with Gasteiger partial charge < -0.3 is 4.74 Å². The van der Waals surface area contributed by atoms with Gasteiger partial charge in [0.25, 0.3) is 0 Å². The highest BCUT2D eigenvalue weighted by molar-refractivity contribution is 5.95. The molecule has 0 spiro atoms. The van der Waals surface area contributed by atoms with E-state index in [9.17, 15) is 9.18 Å². The van der Waals surface area contributed by atoms with Crippen molar-refractivity contribution in [2.24, 2.45) is 0 Å². The predicted octanol–water partition coefficient (Wildman–Crippen LogP) is 3.77. The van der Waals surface area contributed by atoms with Gasteiger partial charge in [0.2, 0.25) is 0 Å². The molecule has 0 bridgehead atoms. The number of aromatic amines is 1. The first-order valence-corrected chi connectivity index (χ1v) is 7.49. The van der Waals surface area contributed by atoms with Crippen molar-refractivity contribution >= 4 is 5.78 Å². The van der Waals surface area contributed by atoms with Crippen LogP contribution in [0.15, 0.2) is 18.2 Å². The van der Waals surface area contributed by atoms with Crippen molar-refractivity contribution in [2.45, 2.75) is 40.0 Å². The molecule has 0 unspecified atom stereocenters. The highest BCUT2D eigenvalue weighted by Gasteiger charge is 2.10. The molecular formula is C17H21FN2O2. The van der Waals surface area contributed by atoms with Crippen LogP contribution in [-0.4, -0.2) is 22.6 Å². The van der Waals surface area contributed by atoms with E-state index in [0.717, 1.165) is 24.2 Å². The third-order valence-corrected chi connectivity index (χ3v) is 3.68. The Balaban J connectivity index is 1.88. The van der Waals surface area contributed by atoms with E-state index >= 15 is 0 Å². The highest BCUT2D eigenvalue weighted by Crippen LogP contribution is 2.20. The summed E-state index contributed by atoms with van der Waals surface area (Å²) in [5.41, 5.74) is 3.63. The zero-order chi connectivity index (χ0) is 16.1. The lowest BCUT2D eigenvalue weighted by Crippen LogP contribution is -2.03. The van der Waals surface area contributed by atoms with Gasteiger partial charge in [-0.3, -0.25) is 9.89 Å². The molecule has 4 nitrogen and oxygen atoms in total. The van der Waals surface area contributed by atoms with Gasteiger partial charge in [-0.1, -0.05) is 6.92 Å². The molecule has 1 aromatic carbocycles. The number of nitrogens with one attached hydrogen (secondary N) is 1. The number of aryl methyl sites for hydroxylation is 2. The summed E-state index contributed by atoms with van der Waals surface area (Å²) in [7, 11) is 0. The summed E-state index contributed by atoms with van der Waals surface area (Å²) >= 11 is 0. The monoisotopic (exact) mass is 304 g/mol. The zero-order valence-electron chi connectivity index (χ0n) is 13.2. The van der Waals surface area contributed by atoms with Crippen molar-refractivity contribution < 1.29 is 13.9 Å². The number of nitrogens with zero attached hydrogens (tertiary/aromatic N) is 1. The third kappa shape index (κ3) is 3.72. The summed E-state index contributed by atoms with van der Waals surface area (Å²) in [6, 6.07) is 4.37. The molecule has 22 heavy (non-hydrogen) atoms. The van der Waals surface area contributed by atoms with Gasteiger partial charge in [-0.2, -0.15) is 5.10 Å². The maximum atomic E-state index is 13.9. The molecule has 5 heteroatoms. The van der Waals surface area contributed by atoms with Crippen LogP contribution in [0.3, 0.4) is 0 Å². The van der Waals surface area contributed by atoms with E-state index in [1.54, 1.807) is 13.0 Å². The minimum Gasteiger partial charge on any atom is -0.491 e. The standard InChI is InChI=1S/C17H21FN2O2/c1-4-16(21)13-7-8-17(15(18)10-13)22-9-5-6-14-11(2)19-20-12(14)3/h7-8,10H,4-6,9H2,1-3H3,(H,19,20). The molecular weight excluding hydrogens is 283 g/mol. The summed E-state index contributed by atoms with van der Waals surface area (Å²) < 4.78 is 19.3. The number of halogens is 1. The maximum absolute atomic E-state index is 13.9. The number of aromatic nitrogens is 2. The van der Waals surface area contributed by atoms with E-state index in [4.69, 9.17) is 4.74 Å². The smallest absolute Gasteiger partial charge is 0.165 e. The first kappa shape index (κ1) is 16.2. The Morgan fingerprint density at radius 2 is 2.14 bits per heavy atom. The number of carbonyl (C=O) groups is 1. The number of ether oxygens (including phenoxy) is 1. The Hall–Kier alpha value is -2.17. The number of rotatable bonds is 7. The van der Waals surface area contributed by atoms with Gasteiger partial charge in [-0.15, -0.1) is 0 Å². The van der Waals surface area contributed by atoms with Gasteiger partial charge in [0.1, 0.15) is 0 Å². The molecule has 0 atom stereocenters. The molecule has 0 aliphatic carbocycles. The van der Waals surface area contributed by atoms with Crippen LogP contribution >= 0.6 is 0 Å². The molecule has 0 aliphatic heterocycles. The zero-order valence-corrected chi connectivity index (χ0v) is 13.2. The van der Waals surface area contributed by atoms with E-state index < -0.39 is 5.82 Å². The summed E-state index contributed by atoms with van der Waals surface area (Å²) in [6.07, 6.45) is 1.97. The molecule has 0 amide bonds. The lowest BCUT2D eigenvalue weighted by Gasteiger charge is -2.08. The molecule has 1 aromatic heterocycles. The van der Waals surface area contributed by atoms with Gasteiger partial charge in [-0.25, -0.2) is 4.39 Å². The van der Waals surface area contributed by atoms with Crippen LogP contribution in [0.25, 0.3) is 0 Å². The van der Waals surface area contributed by atoms with Crippen LogP contribution < -0.4 is 4.74 Å². The Morgan fingerprint density at radius 1 is 1.36 bits per heavy atom. The molecule has 0 radical (unpaired) electrons. The van der Waals surface area contributed by atoms with Crippen molar-refractivity contribution in [3.05, 3.63) is 46.5 Å². The van der Waals surface area contributed by atoms with E-state index in [0.29, 0.717) is 18.6 Å². The summed E-state index contributed by atoms with van der Waals surface area (Å²) in [6.45, 7) is 6.12. The molecule has 0 saturated carbocycles. The minimum absolute atomic E-state index is 0.0728. The van der Waals surface area contributed by atoms with Gasteiger partial charge in [0.05, 0.1) is 12.3 Å². The topological polar surface area (TPSA) is 55.0 Å². The number of hydrogen-bond donors (Lipinski definition) is 1. The number of benzene rings is 1. The summed E-state index contributed by atoms with van der Waals surface area (Å²) in [4.78, 5) is 11.5. The Labute approximate surface area is 129 Å². The van der Waals surface area contributed by atoms with Crippen molar-refractivity contribution in [3.63, 3.8) is 0 Å². The van der Waals surface area contributed by atoms with E-state index in [1.807, 2.05) is 13.8 Å². The average Bonchev–Trinajstić information content (AvgIpc) is 2.83. The van der Waals surface area contributed by atoms with Crippen molar-refractivity contribution in [2.75, 3.05) is 6.61 Å². The fraction of sp³-hybridized carbons (Fsp3) is 0.412. The van der Waals surface area contributed by atoms with E-state index in [-0.39, 0.29) is 11.5 Å². The molecule has 2 rings (SSSR count). The van der Waals surface area contributed by atoms with Gasteiger partial charge in [0.15, 0.2) is 17.3 Å². The van der Waals surface area contributed by atoms with Gasteiger partial charge in [0, 0.05) is 17.7 Å². The highest BCUT2D eigenvalue weighted by atomic mass is 19.1. The third-order valence-electron chi connectivity index (χ3n) is 3.68. The lowest BCUT2D eigenvalue weighted by atomic mass is 10.1. The Morgan fingerprint density at radius 3 is 2.73 bits per heavy atom. The average molecular weight is 304 g/mol. The molecule has 0 fully saturated rings. The van der Waals surface area contributed by atoms with Gasteiger partial charge >= 0.3 is 0 Å². The molecule has 2 aromatic rings. The van der Waals surface area contributed by atoms with Crippen LogP contribution in [0.4, 0.5) is 4.39 Å². The molecule has 0 aliphatic rings. The largest absolute Gasteiger partial charge is 0.491 e. The van der Waals surface area contributed by atoms with Crippen LogP contribution in [0, 0.1) is 19.7 Å². The SMILES string of the molecule is CCC(=O)c1ccc(OCCCc2c(C)n[nH]c2C)c(F)c1. The molecule has 118 valence electrons. The summed E-state index contributed by atoms with van der Waals surface area (Å²) in [5.74, 6) is -0.375. The second-order valence-corrected chi connectivity index (χ2v) is 5.29. The lowest BCUT2D eigenvalue weighted by molar-refractivity contribution is 0.0987. The number of carbonyl (C=O) groups excluding carboxylic acids is 1. The first-order chi connectivity index (χ1) is 10.5. The number of Topliss-reactive ketones (excluding diaryl/α,β-unsaturated/α-hetero) is 1. The van der Waals surface area contributed by atoms with Crippen molar-refractivity contribution in [1.82, 2.24) is 10.2 Å². The molecule has 1 N–H and O–H groups in total. The normalized spacial score (nSPS) is 10.7. The fourth-order valence-electron chi connectivity index (χ4n) is 2.37. The van der Waals surface area contributed by atoms with E-state index in [1.165, 1.54) is 17.7 Å². The second kappa shape index (κ2) is 7.20. The predicted molar refractivity (Wildman–Crippen MR) is 82.9 cm³/mol. The van der Waals surface area contributed by atoms with E-state index in [2.05, 4.69) is 10.2 Å². The molecule has 0 saturated heterocycles. The van der Waals surface area contributed by atoms with Crippen LogP contribution in [-0.2, 0) is 6.42 Å². The van der Waals surface area contributed by atoms with Crippen LogP contribution in [0.5, 0.6) is 5.75 Å². The number of H-pyrrole nitrogens is 1. The Bertz CT molecular complexity index is 645. The Kier molecular flexibility index (Phi) is 5.31. The maximum Gasteiger partial charge on any atom is 0.165 e.